The normalized spacial score (nSPS) is 19.3. The van der Waals surface area contributed by atoms with Crippen LogP contribution in [0.15, 0.2) is 77.8 Å². The minimum Gasteiger partial charge on any atom is -0.508 e. The highest BCUT2D eigenvalue weighted by Crippen LogP contribution is 2.34. The summed E-state index contributed by atoms with van der Waals surface area (Å²) in [6, 6.07) is 24.7. The summed E-state index contributed by atoms with van der Waals surface area (Å²) in [6.45, 7) is 4.26. The average molecular weight is 370 g/mol. The van der Waals surface area contributed by atoms with Gasteiger partial charge in [0.2, 0.25) is 0 Å². The molecule has 3 aromatic rings. The van der Waals surface area contributed by atoms with Gasteiger partial charge in [-0.2, -0.15) is 0 Å². The van der Waals surface area contributed by atoms with Gasteiger partial charge >= 0.3 is 0 Å². The largest absolute Gasteiger partial charge is 0.508 e. The number of hydrogen-bond acceptors (Lipinski definition) is 3. The first kappa shape index (κ1) is 18.5. The van der Waals surface area contributed by atoms with Gasteiger partial charge in [-0.25, -0.2) is 0 Å². The second-order valence-corrected chi connectivity index (χ2v) is 7.42. The lowest BCUT2D eigenvalue weighted by atomic mass is 9.93. The van der Waals surface area contributed by atoms with E-state index in [4.69, 9.17) is 4.99 Å². The van der Waals surface area contributed by atoms with Gasteiger partial charge in [0.05, 0.1) is 0 Å². The fourth-order valence-corrected chi connectivity index (χ4v) is 3.72. The number of phenolic OH excluding ortho intramolecular Hbond substituents is 1. The van der Waals surface area contributed by atoms with Crippen molar-refractivity contribution in [3.63, 3.8) is 0 Å². The van der Waals surface area contributed by atoms with Crippen molar-refractivity contribution in [2.45, 2.75) is 38.9 Å². The van der Waals surface area contributed by atoms with E-state index in [0.29, 0.717) is 5.75 Å². The predicted octanol–water partition coefficient (Wildman–Crippen LogP) is 5.49. The summed E-state index contributed by atoms with van der Waals surface area (Å²) in [5.41, 5.74) is 6.82. The molecular formula is C25H26N2O. The maximum absolute atomic E-state index is 10.4. The second-order valence-electron chi connectivity index (χ2n) is 7.42. The first-order chi connectivity index (χ1) is 13.6. The number of hydrogen-bond donors (Lipinski definition) is 2. The zero-order chi connectivity index (χ0) is 19.5. The Bertz CT molecular complexity index is 974. The van der Waals surface area contributed by atoms with Crippen LogP contribution in [0.5, 0.6) is 5.75 Å². The molecule has 3 aromatic carbocycles. The number of rotatable bonds is 4. The SMILES string of the molecule is CCc1ccc(C2=N[C@H](c3ccc(C)cc3)N[C@@H](c3ccccc3O)C2)cc1. The molecule has 0 amide bonds. The van der Waals surface area contributed by atoms with Crippen molar-refractivity contribution in [2.75, 3.05) is 0 Å². The Morgan fingerprint density at radius 1 is 0.964 bits per heavy atom. The number of aliphatic imine (C=N–C) groups is 1. The number of aromatic hydroxyl groups is 1. The molecule has 0 aromatic heterocycles. The van der Waals surface area contributed by atoms with Gasteiger partial charge in [0.15, 0.2) is 0 Å². The molecule has 1 aliphatic rings. The van der Waals surface area contributed by atoms with E-state index >= 15 is 0 Å². The molecule has 0 spiro atoms. The Labute approximate surface area is 166 Å². The number of aryl methyl sites for hydroxylation is 2. The fourth-order valence-electron chi connectivity index (χ4n) is 3.72. The molecule has 0 bridgehead atoms. The Balaban J connectivity index is 1.73. The number of nitrogens with one attached hydrogen (secondary N) is 1. The third-order valence-corrected chi connectivity index (χ3v) is 5.44. The highest BCUT2D eigenvalue weighted by atomic mass is 16.3. The third kappa shape index (κ3) is 3.85. The maximum Gasteiger partial charge on any atom is 0.126 e. The monoisotopic (exact) mass is 370 g/mol. The smallest absolute Gasteiger partial charge is 0.126 e. The van der Waals surface area contributed by atoms with Crippen molar-refractivity contribution >= 4 is 5.71 Å². The standard InChI is InChI=1S/C25H26N2O/c1-3-18-10-14-19(15-11-18)22-16-23(21-6-4-5-7-24(21)28)27-25(26-22)20-12-8-17(2)9-13-20/h4-15,23,25,27-28H,3,16H2,1-2H3/t23-,25+/m1/s1. The highest BCUT2D eigenvalue weighted by Gasteiger charge is 2.27. The Kier molecular flexibility index (Phi) is 5.27. The van der Waals surface area contributed by atoms with Crippen LogP contribution >= 0.6 is 0 Å². The van der Waals surface area contributed by atoms with Crippen molar-refractivity contribution in [3.8, 4) is 5.75 Å². The Morgan fingerprint density at radius 2 is 1.68 bits per heavy atom. The van der Waals surface area contributed by atoms with Crippen LogP contribution in [-0.2, 0) is 6.42 Å². The predicted molar refractivity (Wildman–Crippen MR) is 115 cm³/mol. The van der Waals surface area contributed by atoms with Crippen LogP contribution in [0, 0.1) is 6.92 Å². The van der Waals surface area contributed by atoms with Gasteiger partial charge < -0.3 is 5.11 Å². The molecule has 2 N–H and O–H groups in total. The lowest BCUT2D eigenvalue weighted by Gasteiger charge is -2.31. The number of phenols is 1. The van der Waals surface area contributed by atoms with Gasteiger partial charge in [-0.3, -0.25) is 10.3 Å². The van der Waals surface area contributed by atoms with Gasteiger partial charge in [0.1, 0.15) is 11.9 Å². The summed E-state index contributed by atoms with van der Waals surface area (Å²) in [5.74, 6) is 0.324. The average Bonchev–Trinajstić information content (AvgIpc) is 2.74. The highest BCUT2D eigenvalue weighted by molar-refractivity contribution is 6.01. The van der Waals surface area contributed by atoms with E-state index in [1.54, 1.807) is 6.07 Å². The molecule has 28 heavy (non-hydrogen) atoms. The first-order valence-electron chi connectivity index (χ1n) is 9.90. The van der Waals surface area contributed by atoms with Crippen molar-refractivity contribution in [3.05, 3.63) is 101 Å². The summed E-state index contributed by atoms with van der Waals surface area (Å²) < 4.78 is 0. The zero-order valence-corrected chi connectivity index (χ0v) is 16.4. The van der Waals surface area contributed by atoms with Crippen LogP contribution in [-0.4, -0.2) is 10.8 Å². The van der Waals surface area contributed by atoms with Gasteiger partial charge in [0.25, 0.3) is 0 Å². The van der Waals surface area contributed by atoms with Crippen LogP contribution in [0.4, 0.5) is 0 Å². The molecule has 142 valence electrons. The fraction of sp³-hybridized carbons (Fsp3) is 0.240. The molecule has 0 saturated carbocycles. The molecule has 3 heteroatoms. The Morgan fingerprint density at radius 3 is 2.36 bits per heavy atom. The summed E-state index contributed by atoms with van der Waals surface area (Å²) in [6.07, 6.45) is 1.63. The summed E-state index contributed by atoms with van der Waals surface area (Å²) >= 11 is 0. The van der Waals surface area contributed by atoms with Gasteiger partial charge in [-0.1, -0.05) is 79.2 Å². The van der Waals surface area contributed by atoms with Crippen molar-refractivity contribution < 1.29 is 5.11 Å². The lowest BCUT2D eigenvalue weighted by molar-refractivity contribution is 0.412. The molecule has 3 nitrogen and oxygen atoms in total. The quantitative estimate of drug-likeness (QED) is 0.638. The summed E-state index contributed by atoms with van der Waals surface area (Å²) in [5, 5.41) is 14.0. The van der Waals surface area contributed by atoms with Crippen LogP contribution in [0.1, 0.15) is 53.4 Å². The maximum atomic E-state index is 10.4. The van der Waals surface area contributed by atoms with Crippen LogP contribution in [0.25, 0.3) is 0 Å². The molecule has 1 aliphatic heterocycles. The summed E-state index contributed by atoms with van der Waals surface area (Å²) in [4.78, 5) is 5.04. The van der Waals surface area contributed by atoms with E-state index in [1.807, 2.05) is 18.2 Å². The van der Waals surface area contributed by atoms with Crippen LogP contribution < -0.4 is 5.32 Å². The lowest BCUT2D eigenvalue weighted by Crippen LogP contribution is -2.33. The van der Waals surface area contributed by atoms with E-state index in [0.717, 1.165) is 35.2 Å². The minimum atomic E-state index is -0.139. The minimum absolute atomic E-state index is 0.00542. The van der Waals surface area contributed by atoms with Gasteiger partial charge in [-0.05, 0) is 36.1 Å². The Hall–Kier alpha value is -2.91. The summed E-state index contributed by atoms with van der Waals surface area (Å²) in [7, 11) is 0. The van der Waals surface area contributed by atoms with Crippen LogP contribution in [0.3, 0.4) is 0 Å². The number of nitrogens with zero attached hydrogens (tertiary/aromatic N) is 1. The number of para-hydroxylation sites is 1. The molecule has 0 fully saturated rings. The van der Waals surface area contributed by atoms with Gasteiger partial charge in [0, 0.05) is 23.7 Å². The molecule has 0 unspecified atom stereocenters. The molecule has 0 radical (unpaired) electrons. The third-order valence-electron chi connectivity index (χ3n) is 5.44. The van der Waals surface area contributed by atoms with E-state index in [2.05, 4.69) is 67.7 Å². The van der Waals surface area contributed by atoms with E-state index in [9.17, 15) is 5.11 Å². The van der Waals surface area contributed by atoms with E-state index < -0.39 is 0 Å². The van der Waals surface area contributed by atoms with E-state index in [-0.39, 0.29) is 12.2 Å². The molecule has 4 rings (SSSR count). The van der Waals surface area contributed by atoms with E-state index in [1.165, 1.54) is 11.1 Å². The number of benzene rings is 3. The molecule has 2 atom stereocenters. The second kappa shape index (κ2) is 7.99. The van der Waals surface area contributed by atoms with Gasteiger partial charge in [-0.15, -0.1) is 0 Å². The molecule has 0 saturated heterocycles. The molecule has 0 aliphatic carbocycles. The van der Waals surface area contributed by atoms with Crippen LogP contribution in [0.2, 0.25) is 0 Å². The van der Waals surface area contributed by atoms with Crippen molar-refractivity contribution in [2.24, 2.45) is 4.99 Å². The molecular weight excluding hydrogens is 344 g/mol. The first-order valence-corrected chi connectivity index (χ1v) is 9.90. The van der Waals surface area contributed by atoms with Crippen molar-refractivity contribution in [1.29, 1.82) is 0 Å². The topological polar surface area (TPSA) is 44.6 Å². The zero-order valence-electron chi connectivity index (χ0n) is 16.4. The molecule has 1 heterocycles. The van der Waals surface area contributed by atoms with Crippen molar-refractivity contribution in [1.82, 2.24) is 5.32 Å².